The lowest BCUT2D eigenvalue weighted by molar-refractivity contribution is 0.411. The fourth-order valence-corrected chi connectivity index (χ4v) is 1.72. The van der Waals surface area contributed by atoms with Crippen molar-refractivity contribution in [2.24, 2.45) is 11.8 Å². The Morgan fingerprint density at radius 2 is 2.23 bits per heavy atom. The lowest BCUT2D eigenvalue weighted by Gasteiger charge is -2.19. The van der Waals surface area contributed by atoms with Gasteiger partial charge in [0.25, 0.3) is 0 Å². The first-order chi connectivity index (χ1) is 6.16. The van der Waals surface area contributed by atoms with Crippen molar-refractivity contribution in [3.05, 3.63) is 28.5 Å². The van der Waals surface area contributed by atoms with Gasteiger partial charge < -0.3 is 0 Å². The van der Waals surface area contributed by atoms with E-state index in [0.717, 1.165) is 10.2 Å². The Morgan fingerprint density at radius 3 is 2.69 bits per heavy atom. The predicted octanol–water partition coefficient (Wildman–Crippen LogP) is 2.00. The van der Waals surface area contributed by atoms with Gasteiger partial charge in [-0.05, 0) is 34.0 Å². The largest absolute Gasteiger partial charge is 0.271 e. The van der Waals surface area contributed by atoms with E-state index in [1.807, 2.05) is 12.1 Å². The molecule has 0 aliphatic carbocycles. The normalized spacial score (nSPS) is 13.3. The number of nitrogens with two attached hydrogens (primary N) is 1. The zero-order chi connectivity index (χ0) is 9.84. The lowest BCUT2D eigenvalue weighted by Crippen LogP contribution is -2.32. The van der Waals surface area contributed by atoms with Gasteiger partial charge in [0.05, 0.1) is 11.7 Å². The van der Waals surface area contributed by atoms with Crippen LogP contribution in [0.15, 0.2) is 22.8 Å². The Morgan fingerprint density at radius 1 is 1.54 bits per heavy atom. The summed E-state index contributed by atoms with van der Waals surface area (Å²) in [6.07, 6.45) is 1.77. The molecular weight excluding hydrogens is 230 g/mol. The molecule has 0 bridgehead atoms. The average molecular weight is 244 g/mol. The number of hydrogen-bond donors (Lipinski definition) is 2. The minimum Gasteiger partial charge on any atom is -0.271 e. The van der Waals surface area contributed by atoms with Crippen molar-refractivity contribution in [3.8, 4) is 0 Å². The number of hydrazine groups is 1. The molecule has 1 aromatic rings. The van der Waals surface area contributed by atoms with Crippen LogP contribution in [-0.4, -0.2) is 4.98 Å². The summed E-state index contributed by atoms with van der Waals surface area (Å²) in [6.45, 7) is 4.21. The Bertz CT molecular complexity index is 275. The molecular formula is C9H14BrN3. The van der Waals surface area contributed by atoms with Crippen LogP contribution in [0.1, 0.15) is 25.6 Å². The van der Waals surface area contributed by atoms with Crippen molar-refractivity contribution in [1.82, 2.24) is 10.4 Å². The van der Waals surface area contributed by atoms with Crippen LogP contribution in [0.3, 0.4) is 0 Å². The van der Waals surface area contributed by atoms with Crippen LogP contribution < -0.4 is 11.3 Å². The highest BCUT2D eigenvalue weighted by Crippen LogP contribution is 2.25. The molecule has 1 rings (SSSR count). The Hall–Kier alpha value is -0.450. The SMILES string of the molecule is CC(C)C(NN)c1ncccc1Br. The molecule has 0 aliphatic rings. The summed E-state index contributed by atoms with van der Waals surface area (Å²) in [5.41, 5.74) is 3.72. The van der Waals surface area contributed by atoms with Crippen molar-refractivity contribution in [1.29, 1.82) is 0 Å². The summed E-state index contributed by atoms with van der Waals surface area (Å²) >= 11 is 3.45. The number of pyridine rings is 1. The Kier molecular flexibility index (Phi) is 3.84. The van der Waals surface area contributed by atoms with Crippen LogP contribution in [0.5, 0.6) is 0 Å². The van der Waals surface area contributed by atoms with Crippen LogP contribution in [0, 0.1) is 5.92 Å². The Labute approximate surface area is 86.8 Å². The molecule has 0 fully saturated rings. The highest BCUT2D eigenvalue weighted by atomic mass is 79.9. The van der Waals surface area contributed by atoms with Gasteiger partial charge in [-0.2, -0.15) is 0 Å². The molecule has 72 valence electrons. The second-order valence-electron chi connectivity index (χ2n) is 3.26. The van der Waals surface area contributed by atoms with Crippen LogP contribution in [-0.2, 0) is 0 Å². The highest BCUT2D eigenvalue weighted by Gasteiger charge is 2.17. The van der Waals surface area contributed by atoms with Gasteiger partial charge in [0.15, 0.2) is 0 Å². The fourth-order valence-electron chi connectivity index (χ4n) is 1.21. The van der Waals surface area contributed by atoms with E-state index in [9.17, 15) is 0 Å². The van der Waals surface area contributed by atoms with Gasteiger partial charge in [0, 0.05) is 10.7 Å². The summed E-state index contributed by atoms with van der Waals surface area (Å²) in [7, 11) is 0. The summed E-state index contributed by atoms with van der Waals surface area (Å²) in [5, 5.41) is 0. The van der Waals surface area contributed by atoms with Crippen molar-refractivity contribution in [2.75, 3.05) is 0 Å². The van der Waals surface area contributed by atoms with E-state index < -0.39 is 0 Å². The minimum absolute atomic E-state index is 0.0931. The second kappa shape index (κ2) is 4.69. The molecule has 3 nitrogen and oxygen atoms in total. The van der Waals surface area contributed by atoms with Gasteiger partial charge in [-0.3, -0.25) is 16.3 Å². The van der Waals surface area contributed by atoms with Crippen LogP contribution in [0.25, 0.3) is 0 Å². The van der Waals surface area contributed by atoms with Gasteiger partial charge >= 0.3 is 0 Å². The van der Waals surface area contributed by atoms with Crippen LogP contribution in [0.4, 0.5) is 0 Å². The standard InChI is InChI=1S/C9H14BrN3/c1-6(2)8(13-11)9-7(10)4-3-5-12-9/h3-6,8,13H,11H2,1-2H3. The van der Waals surface area contributed by atoms with E-state index in [1.54, 1.807) is 6.20 Å². The van der Waals surface area contributed by atoms with Gasteiger partial charge in [0.1, 0.15) is 0 Å². The molecule has 1 heterocycles. The van der Waals surface area contributed by atoms with Crippen molar-refractivity contribution in [2.45, 2.75) is 19.9 Å². The molecule has 0 amide bonds. The van der Waals surface area contributed by atoms with Crippen LogP contribution in [0.2, 0.25) is 0 Å². The smallest absolute Gasteiger partial charge is 0.0730 e. The van der Waals surface area contributed by atoms with E-state index in [4.69, 9.17) is 5.84 Å². The number of aromatic nitrogens is 1. The molecule has 3 N–H and O–H groups in total. The molecule has 0 radical (unpaired) electrons. The third kappa shape index (κ3) is 2.49. The minimum atomic E-state index is 0.0931. The van der Waals surface area contributed by atoms with E-state index in [1.165, 1.54) is 0 Å². The first-order valence-corrected chi connectivity index (χ1v) is 5.02. The third-order valence-electron chi connectivity index (χ3n) is 1.93. The second-order valence-corrected chi connectivity index (χ2v) is 4.11. The first-order valence-electron chi connectivity index (χ1n) is 4.23. The maximum absolute atomic E-state index is 5.46. The third-order valence-corrected chi connectivity index (χ3v) is 2.60. The molecule has 0 spiro atoms. The molecule has 0 saturated carbocycles. The topological polar surface area (TPSA) is 50.9 Å². The van der Waals surface area contributed by atoms with Gasteiger partial charge in [-0.1, -0.05) is 13.8 Å². The fraction of sp³-hybridized carbons (Fsp3) is 0.444. The van der Waals surface area contributed by atoms with E-state index in [0.29, 0.717) is 5.92 Å². The zero-order valence-electron chi connectivity index (χ0n) is 7.79. The number of halogens is 1. The number of nitrogens with zero attached hydrogens (tertiary/aromatic N) is 1. The van der Waals surface area contributed by atoms with Crippen LogP contribution >= 0.6 is 15.9 Å². The van der Waals surface area contributed by atoms with Gasteiger partial charge in [0.2, 0.25) is 0 Å². The summed E-state index contributed by atoms with van der Waals surface area (Å²) in [6, 6.07) is 3.95. The maximum Gasteiger partial charge on any atom is 0.0730 e. The van der Waals surface area contributed by atoms with Gasteiger partial charge in [-0.15, -0.1) is 0 Å². The molecule has 0 aliphatic heterocycles. The highest BCUT2D eigenvalue weighted by molar-refractivity contribution is 9.10. The zero-order valence-corrected chi connectivity index (χ0v) is 9.38. The predicted molar refractivity (Wildman–Crippen MR) is 56.8 cm³/mol. The van der Waals surface area contributed by atoms with Crippen molar-refractivity contribution < 1.29 is 0 Å². The van der Waals surface area contributed by atoms with E-state index in [2.05, 4.69) is 40.2 Å². The molecule has 0 saturated heterocycles. The monoisotopic (exact) mass is 243 g/mol. The summed E-state index contributed by atoms with van der Waals surface area (Å²) in [4.78, 5) is 4.28. The summed E-state index contributed by atoms with van der Waals surface area (Å²) in [5.74, 6) is 5.88. The van der Waals surface area contributed by atoms with E-state index in [-0.39, 0.29) is 6.04 Å². The average Bonchev–Trinajstić information content (AvgIpc) is 2.09. The molecule has 4 heteroatoms. The Balaban J connectivity index is 2.97. The molecule has 1 aromatic heterocycles. The number of hydrogen-bond acceptors (Lipinski definition) is 3. The number of nitrogens with one attached hydrogen (secondary N) is 1. The molecule has 1 unspecified atom stereocenters. The quantitative estimate of drug-likeness (QED) is 0.631. The summed E-state index contributed by atoms with van der Waals surface area (Å²) < 4.78 is 0.992. The molecule has 1 atom stereocenters. The van der Waals surface area contributed by atoms with E-state index >= 15 is 0 Å². The first kappa shape index (κ1) is 10.6. The lowest BCUT2D eigenvalue weighted by atomic mass is 10.0. The molecule has 13 heavy (non-hydrogen) atoms. The van der Waals surface area contributed by atoms with Crippen molar-refractivity contribution >= 4 is 15.9 Å². The molecule has 0 aromatic carbocycles. The maximum atomic E-state index is 5.46. The van der Waals surface area contributed by atoms with Crippen molar-refractivity contribution in [3.63, 3.8) is 0 Å². The van der Waals surface area contributed by atoms with Gasteiger partial charge in [-0.25, -0.2) is 0 Å². The number of rotatable bonds is 3.